The molecule has 8 heteroatoms. The third-order valence-corrected chi connectivity index (χ3v) is 5.43. The number of allylic oxidation sites excluding steroid dienone is 3. The summed E-state index contributed by atoms with van der Waals surface area (Å²) in [6.45, 7) is 10.2. The van der Waals surface area contributed by atoms with Crippen LogP contribution >= 0.6 is 0 Å². The summed E-state index contributed by atoms with van der Waals surface area (Å²) >= 11 is 0. The van der Waals surface area contributed by atoms with Gasteiger partial charge in [0.15, 0.2) is 0 Å². The van der Waals surface area contributed by atoms with Crippen LogP contribution in [0.2, 0.25) is 0 Å². The predicted octanol–water partition coefficient (Wildman–Crippen LogP) is 3.19. The number of nitrogens with zero attached hydrogens (tertiary/aromatic N) is 2. The first-order valence-corrected chi connectivity index (χ1v) is 10.2. The normalized spacial score (nSPS) is 23.7. The lowest BCUT2D eigenvalue weighted by atomic mass is 9.93. The Bertz CT molecular complexity index is 807. The monoisotopic (exact) mass is 418 g/mol. The highest BCUT2D eigenvalue weighted by Crippen LogP contribution is 2.33. The van der Waals surface area contributed by atoms with Crippen molar-refractivity contribution in [3.05, 3.63) is 35.5 Å². The molecule has 3 rings (SSSR count). The Morgan fingerprint density at radius 2 is 1.93 bits per heavy atom. The van der Waals surface area contributed by atoms with E-state index in [1.165, 1.54) is 17.6 Å². The van der Waals surface area contributed by atoms with E-state index in [0.29, 0.717) is 13.1 Å². The average molecular weight is 418 g/mol. The van der Waals surface area contributed by atoms with Gasteiger partial charge in [-0.15, -0.1) is 0 Å². The van der Waals surface area contributed by atoms with Crippen LogP contribution in [0.5, 0.6) is 0 Å². The van der Waals surface area contributed by atoms with E-state index in [1.54, 1.807) is 25.7 Å². The summed E-state index contributed by atoms with van der Waals surface area (Å²) in [5, 5.41) is 0. The van der Waals surface area contributed by atoms with Gasteiger partial charge in [-0.3, -0.25) is 9.80 Å². The van der Waals surface area contributed by atoms with Crippen LogP contribution in [0.3, 0.4) is 0 Å². The molecule has 0 saturated carbocycles. The number of fused-ring (bicyclic) bond motifs is 1. The SMILES string of the molecule is C=CC1=C2CN(C(=O)OC3CC(C(=O)OC)N(C(=O)OC(C)(C)C)C3)CC2=CCC1. The summed E-state index contributed by atoms with van der Waals surface area (Å²) < 4.78 is 15.9. The van der Waals surface area contributed by atoms with Crippen molar-refractivity contribution in [2.24, 2.45) is 0 Å². The highest BCUT2D eigenvalue weighted by atomic mass is 16.6. The number of carbonyl (C=O) groups is 3. The molecule has 30 heavy (non-hydrogen) atoms. The highest BCUT2D eigenvalue weighted by molar-refractivity contribution is 5.82. The average Bonchev–Trinajstić information content (AvgIpc) is 3.30. The molecule has 1 aliphatic carbocycles. The minimum Gasteiger partial charge on any atom is -0.467 e. The number of esters is 1. The number of ether oxygens (including phenoxy) is 3. The fraction of sp³-hybridized carbons (Fsp3) is 0.591. The Labute approximate surface area is 177 Å². The van der Waals surface area contributed by atoms with Gasteiger partial charge in [0, 0.05) is 19.5 Å². The minimum absolute atomic E-state index is 0.0809. The molecule has 2 saturated heterocycles. The molecule has 0 bridgehead atoms. The van der Waals surface area contributed by atoms with Gasteiger partial charge in [0.25, 0.3) is 0 Å². The van der Waals surface area contributed by atoms with Gasteiger partial charge in [-0.1, -0.05) is 18.7 Å². The summed E-state index contributed by atoms with van der Waals surface area (Å²) in [6.07, 6.45) is 4.36. The Hall–Kier alpha value is -2.77. The van der Waals surface area contributed by atoms with E-state index in [0.717, 1.165) is 24.0 Å². The second kappa shape index (κ2) is 8.53. The maximum Gasteiger partial charge on any atom is 0.411 e. The van der Waals surface area contributed by atoms with Gasteiger partial charge in [-0.2, -0.15) is 0 Å². The maximum absolute atomic E-state index is 12.8. The first kappa shape index (κ1) is 21.9. The number of carbonyl (C=O) groups excluding carboxylic acids is 3. The number of likely N-dealkylation sites (tertiary alicyclic amines) is 2. The molecule has 0 aromatic rings. The maximum atomic E-state index is 12.8. The summed E-state index contributed by atoms with van der Waals surface area (Å²) in [6, 6.07) is -0.846. The molecule has 0 radical (unpaired) electrons. The molecule has 2 atom stereocenters. The van der Waals surface area contributed by atoms with Crippen molar-refractivity contribution in [2.45, 2.75) is 57.8 Å². The summed E-state index contributed by atoms with van der Waals surface area (Å²) in [4.78, 5) is 40.4. The fourth-order valence-corrected chi connectivity index (χ4v) is 4.03. The van der Waals surface area contributed by atoms with Crippen molar-refractivity contribution >= 4 is 18.2 Å². The molecule has 0 spiro atoms. The number of amides is 2. The van der Waals surface area contributed by atoms with Gasteiger partial charge in [0.1, 0.15) is 17.7 Å². The number of methoxy groups -OCH3 is 1. The van der Waals surface area contributed by atoms with Crippen LogP contribution in [-0.4, -0.2) is 72.4 Å². The molecule has 0 aromatic heterocycles. The van der Waals surface area contributed by atoms with E-state index in [1.807, 2.05) is 6.08 Å². The fourth-order valence-electron chi connectivity index (χ4n) is 4.03. The zero-order chi connectivity index (χ0) is 22.1. The van der Waals surface area contributed by atoms with Crippen molar-refractivity contribution < 1.29 is 28.6 Å². The zero-order valence-corrected chi connectivity index (χ0v) is 18.1. The lowest BCUT2D eigenvalue weighted by molar-refractivity contribution is -0.145. The molecule has 2 heterocycles. The van der Waals surface area contributed by atoms with Crippen molar-refractivity contribution in [3.63, 3.8) is 0 Å². The van der Waals surface area contributed by atoms with Crippen molar-refractivity contribution in [2.75, 3.05) is 26.7 Å². The van der Waals surface area contributed by atoms with Crippen molar-refractivity contribution in [1.82, 2.24) is 9.80 Å². The van der Waals surface area contributed by atoms with Gasteiger partial charge < -0.3 is 14.2 Å². The molecular weight excluding hydrogens is 388 g/mol. The molecule has 3 aliphatic rings. The van der Waals surface area contributed by atoms with Crippen LogP contribution in [0.15, 0.2) is 35.5 Å². The Kier molecular flexibility index (Phi) is 6.24. The molecule has 2 aliphatic heterocycles. The van der Waals surface area contributed by atoms with Crippen LogP contribution in [0.1, 0.15) is 40.0 Å². The molecular formula is C22H30N2O6. The lowest BCUT2D eigenvalue weighted by Gasteiger charge is -2.27. The topological polar surface area (TPSA) is 85.4 Å². The van der Waals surface area contributed by atoms with Crippen LogP contribution in [0, 0.1) is 0 Å². The van der Waals surface area contributed by atoms with E-state index < -0.39 is 35.9 Å². The van der Waals surface area contributed by atoms with Crippen molar-refractivity contribution in [3.8, 4) is 0 Å². The molecule has 2 amide bonds. The second-order valence-corrected chi connectivity index (χ2v) is 8.75. The van der Waals surface area contributed by atoms with Gasteiger partial charge >= 0.3 is 18.2 Å². The smallest absolute Gasteiger partial charge is 0.411 e. The third-order valence-electron chi connectivity index (χ3n) is 5.43. The Morgan fingerprint density at radius 3 is 2.57 bits per heavy atom. The highest BCUT2D eigenvalue weighted by Gasteiger charge is 2.44. The largest absolute Gasteiger partial charge is 0.467 e. The van der Waals surface area contributed by atoms with Crippen LogP contribution in [0.4, 0.5) is 9.59 Å². The molecule has 2 unspecified atom stereocenters. The van der Waals surface area contributed by atoms with Gasteiger partial charge in [-0.05, 0) is 50.3 Å². The van der Waals surface area contributed by atoms with Crippen LogP contribution in [0.25, 0.3) is 0 Å². The van der Waals surface area contributed by atoms with E-state index in [2.05, 4.69) is 12.7 Å². The first-order valence-electron chi connectivity index (χ1n) is 10.2. The molecule has 8 nitrogen and oxygen atoms in total. The number of hydrogen-bond acceptors (Lipinski definition) is 6. The van der Waals surface area contributed by atoms with Crippen LogP contribution < -0.4 is 0 Å². The number of rotatable bonds is 3. The summed E-state index contributed by atoms with van der Waals surface area (Å²) in [5.41, 5.74) is 2.75. The van der Waals surface area contributed by atoms with E-state index in [9.17, 15) is 14.4 Å². The quantitative estimate of drug-likeness (QED) is 0.517. The molecule has 2 fully saturated rings. The Balaban J connectivity index is 1.66. The second-order valence-electron chi connectivity index (χ2n) is 8.75. The number of hydrogen-bond donors (Lipinski definition) is 0. The lowest BCUT2D eigenvalue weighted by Crippen LogP contribution is -2.44. The van der Waals surface area contributed by atoms with E-state index in [4.69, 9.17) is 14.2 Å². The minimum atomic E-state index is -0.846. The summed E-state index contributed by atoms with van der Waals surface area (Å²) in [7, 11) is 1.26. The first-order chi connectivity index (χ1) is 14.1. The third kappa shape index (κ3) is 4.68. The molecule has 0 N–H and O–H groups in total. The molecule has 164 valence electrons. The van der Waals surface area contributed by atoms with Gasteiger partial charge in [-0.25, -0.2) is 14.4 Å². The van der Waals surface area contributed by atoms with E-state index in [-0.39, 0.29) is 13.0 Å². The van der Waals surface area contributed by atoms with Gasteiger partial charge in [0.2, 0.25) is 0 Å². The van der Waals surface area contributed by atoms with Crippen LogP contribution in [-0.2, 0) is 19.0 Å². The Morgan fingerprint density at radius 1 is 1.20 bits per heavy atom. The van der Waals surface area contributed by atoms with Crippen molar-refractivity contribution in [1.29, 1.82) is 0 Å². The standard InChI is InChI=1S/C22H30N2O6/c1-6-14-8-7-9-15-11-23(13-17(14)15)20(26)29-16-10-18(19(25)28-5)24(12-16)21(27)30-22(2,3)4/h6,9,16,18H,1,7-8,10-13H2,2-5H3. The van der Waals surface area contributed by atoms with Gasteiger partial charge in [0.05, 0.1) is 13.7 Å². The summed E-state index contributed by atoms with van der Waals surface area (Å²) in [5.74, 6) is -0.558. The molecule has 0 aromatic carbocycles. The van der Waals surface area contributed by atoms with E-state index >= 15 is 0 Å². The zero-order valence-electron chi connectivity index (χ0n) is 18.1. The predicted molar refractivity (Wildman–Crippen MR) is 110 cm³/mol.